The van der Waals surface area contributed by atoms with Crippen molar-refractivity contribution in [3.63, 3.8) is 0 Å². The maximum atomic E-state index is 11.8. The van der Waals surface area contributed by atoms with Gasteiger partial charge in [-0.1, -0.05) is 38.0 Å². The van der Waals surface area contributed by atoms with Crippen LogP contribution in [-0.2, 0) is 0 Å². The van der Waals surface area contributed by atoms with E-state index in [-0.39, 0.29) is 5.78 Å². The summed E-state index contributed by atoms with van der Waals surface area (Å²) in [5.74, 6) is 0.640. The highest BCUT2D eigenvalue weighted by molar-refractivity contribution is 6.06. The van der Waals surface area contributed by atoms with Gasteiger partial charge in [-0.05, 0) is 24.6 Å². The summed E-state index contributed by atoms with van der Waals surface area (Å²) in [6.07, 6.45) is 6.78. The minimum absolute atomic E-state index is 0.00792. The molecule has 0 aromatic heterocycles. The monoisotopic (exact) mass is 218 g/mol. The number of carbonyl (C=O) groups is 1. The first kappa shape index (κ1) is 12.5. The van der Waals surface area contributed by atoms with Crippen molar-refractivity contribution in [3.8, 4) is 5.75 Å². The predicted molar refractivity (Wildman–Crippen MR) is 66.0 cm³/mol. The molecule has 0 atom stereocenters. The zero-order valence-electron chi connectivity index (χ0n) is 9.90. The van der Waals surface area contributed by atoms with Crippen molar-refractivity contribution >= 4 is 5.78 Å². The Morgan fingerprint density at radius 3 is 2.81 bits per heavy atom. The van der Waals surface area contributed by atoms with Gasteiger partial charge in [-0.15, -0.1) is 0 Å². The number of rotatable bonds is 6. The minimum Gasteiger partial charge on any atom is -0.496 e. The lowest BCUT2D eigenvalue weighted by molar-refractivity contribution is 0.104. The van der Waals surface area contributed by atoms with E-state index in [0.717, 1.165) is 19.3 Å². The van der Waals surface area contributed by atoms with Gasteiger partial charge in [0.1, 0.15) is 5.75 Å². The number of hydrogen-bond acceptors (Lipinski definition) is 2. The molecule has 2 nitrogen and oxygen atoms in total. The Kier molecular flexibility index (Phi) is 5.34. The lowest BCUT2D eigenvalue weighted by atomic mass is 10.1. The molecule has 1 rings (SSSR count). The summed E-state index contributed by atoms with van der Waals surface area (Å²) in [6.45, 7) is 2.13. The second-order valence-corrected chi connectivity index (χ2v) is 3.61. The number of methoxy groups -OCH3 is 1. The van der Waals surface area contributed by atoms with Gasteiger partial charge in [0.15, 0.2) is 5.78 Å². The van der Waals surface area contributed by atoms with Crippen molar-refractivity contribution in [1.82, 2.24) is 0 Å². The fourth-order valence-corrected chi connectivity index (χ4v) is 1.45. The Hall–Kier alpha value is -1.57. The van der Waals surface area contributed by atoms with E-state index in [9.17, 15) is 4.79 Å². The number of para-hydroxylation sites is 1. The van der Waals surface area contributed by atoms with E-state index in [1.54, 1.807) is 25.3 Å². The molecule has 0 radical (unpaired) electrons. The number of ketones is 1. The highest BCUT2D eigenvalue weighted by atomic mass is 16.5. The molecule has 0 N–H and O–H groups in total. The molecule has 0 bridgehead atoms. The number of hydrogen-bond donors (Lipinski definition) is 0. The average molecular weight is 218 g/mol. The van der Waals surface area contributed by atoms with Gasteiger partial charge in [-0.3, -0.25) is 4.79 Å². The van der Waals surface area contributed by atoms with E-state index in [2.05, 4.69) is 6.92 Å². The lowest BCUT2D eigenvalue weighted by Crippen LogP contribution is -1.98. The fourth-order valence-electron chi connectivity index (χ4n) is 1.45. The van der Waals surface area contributed by atoms with Crippen molar-refractivity contribution in [2.24, 2.45) is 0 Å². The topological polar surface area (TPSA) is 26.3 Å². The molecular formula is C14H18O2. The average Bonchev–Trinajstić information content (AvgIpc) is 2.34. The van der Waals surface area contributed by atoms with Crippen molar-refractivity contribution in [3.05, 3.63) is 42.0 Å². The van der Waals surface area contributed by atoms with Crippen LogP contribution in [0.2, 0.25) is 0 Å². The number of carbonyl (C=O) groups excluding carboxylic acids is 1. The quantitative estimate of drug-likeness (QED) is 0.414. The Morgan fingerprint density at radius 1 is 1.38 bits per heavy atom. The third-order valence-electron chi connectivity index (χ3n) is 2.37. The Balaban J connectivity index is 2.69. The first-order valence-electron chi connectivity index (χ1n) is 5.63. The van der Waals surface area contributed by atoms with Crippen molar-refractivity contribution in [2.45, 2.75) is 26.2 Å². The van der Waals surface area contributed by atoms with Crippen molar-refractivity contribution < 1.29 is 9.53 Å². The van der Waals surface area contributed by atoms with Crippen LogP contribution < -0.4 is 4.74 Å². The molecule has 0 amide bonds. The first-order chi connectivity index (χ1) is 7.79. The minimum atomic E-state index is 0.00792. The van der Waals surface area contributed by atoms with Gasteiger partial charge < -0.3 is 4.74 Å². The molecule has 0 aliphatic heterocycles. The molecule has 0 fully saturated rings. The molecule has 0 saturated carbocycles. The maximum absolute atomic E-state index is 11.8. The van der Waals surface area contributed by atoms with Crippen LogP contribution >= 0.6 is 0 Å². The Morgan fingerprint density at radius 2 is 2.12 bits per heavy atom. The van der Waals surface area contributed by atoms with Crippen molar-refractivity contribution in [1.29, 1.82) is 0 Å². The Labute approximate surface area is 96.9 Å². The number of allylic oxidation sites excluding steroid dienone is 2. The van der Waals surface area contributed by atoms with Gasteiger partial charge in [0.05, 0.1) is 12.7 Å². The number of ether oxygens (including phenoxy) is 1. The first-order valence-corrected chi connectivity index (χ1v) is 5.63. The molecule has 2 heteroatoms. The van der Waals surface area contributed by atoms with Gasteiger partial charge >= 0.3 is 0 Å². The molecule has 86 valence electrons. The van der Waals surface area contributed by atoms with Crippen LogP contribution in [0.5, 0.6) is 5.75 Å². The fraction of sp³-hybridized carbons (Fsp3) is 0.357. The van der Waals surface area contributed by atoms with E-state index in [1.165, 1.54) is 0 Å². The normalized spacial score (nSPS) is 10.6. The summed E-state index contributed by atoms with van der Waals surface area (Å²) >= 11 is 0. The van der Waals surface area contributed by atoms with E-state index < -0.39 is 0 Å². The summed E-state index contributed by atoms with van der Waals surface area (Å²) in [5, 5.41) is 0. The van der Waals surface area contributed by atoms with E-state index in [4.69, 9.17) is 4.74 Å². The molecule has 0 unspecified atom stereocenters. The van der Waals surface area contributed by atoms with Gasteiger partial charge in [0.25, 0.3) is 0 Å². The predicted octanol–water partition coefficient (Wildman–Crippen LogP) is 3.62. The van der Waals surface area contributed by atoms with E-state index in [0.29, 0.717) is 11.3 Å². The van der Waals surface area contributed by atoms with E-state index >= 15 is 0 Å². The Bertz CT molecular complexity index is 367. The second-order valence-electron chi connectivity index (χ2n) is 3.61. The van der Waals surface area contributed by atoms with E-state index in [1.807, 2.05) is 18.2 Å². The van der Waals surface area contributed by atoms with Crippen LogP contribution in [-0.4, -0.2) is 12.9 Å². The summed E-state index contributed by atoms with van der Waals surface area (Å²) in [5.41, 5.74) is 0.623. The molecule has 1 aromatic rings. The summed E-state index contributed by atoms with van der Waals surface area (Å²) in [4.78, 5) is 11.8. The summed E-state index contributed by atoms with van der Waals surface area (Å²) in [6, 6.07) is 7.28. The molecule has 0 heterocycles. The van der Waals surface area contributed by atoms with Gasteiger partial charge in [-0.2, -0.15) is 0 Å². The van der Waals surface area contributed by atoms with Crippen LogP contribution in [0.25, 0.3) is 0 Å². The third kappa shape index (κ3) is 3.54. The standard InChI is InChI=1S/C14H18O2/c1-3-4-5-6-10-13(15)12-9-7-8-11-14(12)16-2/h6-11H,3-5H2,1-2H3/b10-6+. The van der Waals surface area contributed by atoms with Gasteiger partial charge in [-0.25, -0.2) is 0 Å². The second kappa shape index (κ2) is 6.83. The molecule has 0 aliphatic rings. The molecule has 0 spiro atoms. The van der Waals surface area contributed by atoms with Gasteiger partial charge in [0, 0.05) is 0 Å². The molecule has 16 heavy (non-hydrogen) atoms. The highest BCUT2D eigenvalue weighted by Crippen LogP contribution is 2.18. The lowest BCUT2D eigenvalue weighted by Gasteiger charge is -2.04. The molecular weight excluding hydrogens is 200 g/mol. The molecule has 0 aliphatic carbocycles. The number of benzene rings is 1. The van der Waals surface area contributed by atoms with Crippen molar-refractivity contribution in [2.75, 3.05) is 7.11 Å². The zero-order chi connectivity index (χ0) is 11.8. The third-order valence-corrected chi connectivity index (χ3v) is 2.37. The SMILES string of the molecule is CCCC/C=C/C(=O)c1ccccc1OC. The van der Waals surface area contributed by atoms with Crippen LogP contribution in [0.3, 0.4) is 0 Å². The van der Waals surface area contributed by atoms with Crippen LogP contribution in [0.1, 0.15) is 36.5 Å². The van der Waals surface area contributed by atoms with Gasteiger partial charge in [0.2, 0.25) is 0 Å². The molecule has 0 saturated heterocycles. The maximum Gasteiger partial charge on any atom is 0.189 e. The highest BCUT2D eigenvalue weighted by Gasteiger charge is 2.07. The zero-order valence-corrected chi connectivity index (χ0v) is 9.90. The largest absolute Gasteiger partial charge is 0.496 e. The van der Waals surface area contributed by atoms with Crippen LogP contribution in [0.15, 0.2) is 36.4 Å². The smallest absolute Gasteiger partial charge is 0.189 e. The molecule has 1 aromatic carbocycles. The number of unbranched alkanes of at least 4 members (excludes halogenated alkanes) is 2. The van der Waals surface area contributed by atoms with Crippen LogP contribution in [0, 0.1) is 0 Å². The summed E-state index contributed by atoms with van der Waals surface area (Å²) in [7, 11) is 1.58. The summed E-state index contributed by atoms with van der Waals surface area (Å²) < 4.78 is 5.14. The van der Waals surface area contributed by atoms with Crippen LogP contribution in [0.4, 0.5) is 0 Å².